The van der Waals surface area contributed by atoms with Gasteiger partial charge in [0.05, 0.1) is 17.4 Å². The van der Waals surface area contributed by atoms with Crippen LogP contribution in [0.5, 0.6) is 0 Å². The van der Waals surface area contributed by atoms with Crippen LogP contribution in [0.15, 0.2) is 78.9 Å². The second-order valence-electron chi connectivity index (χ2n) is 13.0. The molecule has 0 heterocycles. The Labute approximate surface area is 277 Å². The number of ether oxygens (including phenoxy) is 2. The molecule has 1 unspecified atom stereocenters. The summed E-state index contributed by atoms with van der Waals surface area (Å²) in [5.41, 5.74) is 1.84. The third-order valence-corrected chi connectivity index (χ3v) is 6.57. The van der Waals surface area contributed by atoms with Crippen LogP contribution >= 0.6 is 0 Å². The van der Waals surface area contributed by atoms with E-state index in [1.54, 1.807) is 90.1 Å². The van der Waals surface area contributed by atoms with Gasteiger partial charge in [-0.1, -0.05) is 54.6 Å². The molecule has 0 aliphatic carbocycles. The number of amides is 5. The third kappa shape index (κ3) is 13.9. The molecule has 11 heteroatoms. The summed E-state index contributed by atoms with van der Waals surface area (Å²) in [6, 6.07) is 22.9. The van der Waals surface area contributed by atoms with E-state index >= 15 is 0 Å². The highest BCUT2D eigenvalue weighted by Gasteiger charge is 2.20. The van der Waals surface area contributed by atoms with Gasteiger partial charge in [-0.3, -0.25) is 10.1 Å². The Kier molecular flexibility index (Phi) is 13.2. The standard InChI is InChI=1S/C36H47N5O6/c1-35(2,3)46-33(44)38-23-12-17-28(40-32(43)37-24-22-25-13-8-7-9-14-25)26-18-20-27(21-19-26)31(42)39-29-15-10-11-16-30(29)41-34(45)47-36(4,5)6/h7-11,13-16,18-21,28H,12,17,22-24H2,1-6H3,(H,38,44)(H,39,42)(H,41,45)(H2,37,40,43). The molecule has 0 aliphatic rings. The van der Waals surface area contributed by atoms with Gasteiger partial charge in [0.25, 0.3) is 5.91 Å². The number of nitrogens with one attached hydrogen (secondary N) is 5. The van der Waals surface area contributed by atoms with E-state index in [1.807, 2.05) is 30.3 Å². The molecule has 3 aromatic carbocycles. The zero-order valence-corrected chi connectivity index (χ0v) is 28.1. The molecule has 0 saturated carbocycles. The molecule has 0 aromatic heterocycles. The van der Waals surface area contributed by atoms with Gasteiger partial charge < -0.3 is 30.7 Å². The van der Waals surface area contributed by atoms with Crippen LogP contribution in [0.1, 0.15) is 81.9 Å². The van der Waals surface area contributed by atoms with Crippen molar-refractivity contribution in [2.45, 2.75) is 78.0 Å². The van der Waals surface area contributed by atoms with E-state index in [4.69, 9.17) is 9.47 Å². The molecule has 0 radical (unpaired) electrons. The van der Waals surface area contributed by atoms with Gasteiger partial charge in [0.1, 0.15) is 11.2 Å². The molecule has 0 fully saturated rings. The fourth-order valence-corrected chi connectivity index (χ4v) is 4.48. The van der Waals surface area contributed by atoms with Gasteiger partial charge in [0.15, 0.2) is 0 Å². The molecule has 3 aromatic rings. The summed E-state index contributed by atoms with van der Waals surface area (Å²) in [7, 11) is 0. The van der Waals surface area contributed by atoms with E-state index in [-0.39, 0.29) is 18.0 Å². The number of hydrogen-bond donors (Lipinski definition) is 5. The lowest BCUT2D eigenvalue weighted by Crippen LogP contribution is -2.39. The van der Waals surface area contributed by atoms with Gasteiger partial charge in [-0.05, 0) is 96.2 Å². The lowest BCUT2D eigenvalue weighted by atomic mass is 10.00. The first-order chi connectivity index (χ1) is 22.2. The monoisotopic (exact) mass is 645 g/mol. The highest BCUT2D eigenvalue weighted by Crippen LogP contribution is 2.24. The Hall–Kier alpha value is -5.06. The topological polar surface area (TPSA) is 147 Å². The van der Waals surface area contributed by atoms with Gasteiger partial charge in [0, 0.05) is 18.7 Å². The number of para-hydroxylation sites is 2. The van der Waals surface area contributed by atoms with Crippen molar-refractivity contribution in [3.05, 3.63) is 95.6 Å². The molecular weight excluding hydrogens is 598 g/mol. The number of carbonyl (C=O) groups excluding carboxylic acids is 4. The first-order valence-corrected chi connectivity index (χ1v) is 15.7. The number of anilines is 2. The van der Waals surface area contributed by atoms with Crippen LogP contribution in [-0.4, -0.2) is 48.4 Å². The second-order valence-corrected chi connectivity index (χ2v) is 13.0. The summed E-state index contributed by atoms with van der Waals surface area (Å²) >= 11 is 0. The molecule has 1 atom stereocenters. The molecule has 11 nitrogen and oxygen atoms in total. The van der Waals surface area contributed by atoms with E-state index in [0.29, 0.717) is 49.3 Å². The van der Waals surface area contributed by atoms with Crippen LogP contribution in [0.2, 0.25) is 0 Å². The molecule has 0 aliphatic heterocycles. The Morgan fingerprint density at radius 3 is 1.85 bits per heavy atom. The van der Waals surface area contributed by atoms with Crippen molar-refractivity contribution in [3.8, 4) is 0 Å². The number of rotatable bonds is 12. The zero-order chi connectivity index (χ0) is 34.5. The number of carbonyl (C=O) groups is 4. The third-order valence-electron chi connectivity index (χ3n) is 6.57. The van der Waals surface area contributed by atoms with E-state index in [9.17, 15) is 19.2 Å². The van der Waals surface area contributed by atoms with Crippen molar-refractivity contribution in [2.24, 2.45) is 0 Å². The maximum atomic E-state index is 13.2. The molecule has 5 N–H and O–H groups in total. The van der Waals surface area contributed by atoms with Crippen LogP contribution in [0.4, 0.5) is 25.8 Å². The van der Waals surface area contributed by atoms with Crippen molar-refractivity contribution in [1.82, 2.24) is 16.0 Å². The van der Waals surface area contributed by atoms with Crippen molar-refractivity contribution in [1.29, 1.82) is 0 Å². The Morgan fingerprint density at radius 2 is 1.23 bits per heavy atom. The summed E-state index contributed by atoms with van der Waals surface area (Å²) in [4.78, 5) is 50.4. The van der Waals surface area contributed by atoms with Gasteiger partial charge in [-0.15, -0.1) is 0 Å². The van der Waals surface area contributed by atoms with Gasteiger partial charge in [-0.25, -0.2) is 14.4 Å². The molecular formula is C36H47N5O6. The van der Waals surface area contributed by atoms with E-state index < -0.39 is 23.4 Å². The number of hydrogen-bond acceptors (Lipinski definition) is 6. The normalized spacial score (nSPS) is 11.9. The predicted molar refractivity (Wildman–Crippen MR) is 184 cm³/mol. The SMILES string of the molecule is CC(C)(C)OC(=O)NCCCC(NC(=O)NCCc1ccccc1)c1ccc(C(=O)Nc2ccccc2NC(=O)OC(C)(C)C)cc1. The first kappa shape index (κ1) is 36.4. The highest BCUT2D eigenvalue weighted by molar-refractivity contribution is 6.06. The zero-order valence-electron chi connectivity index (χ0n) is 28.1. The average molecular weight is 646 g/mol. The molecule has 47 heavy (non-hydrogen) atoms. The van der Waals surface area contributed by atoms with Gasteiger partial charge in [0.2, 0.25) is 0 Å². The summed E-state index contributed by atoms with van der Waals surface area (Å²) in [6.45, 7) is 11.5. The van der Waals surface area contributed by atoms with Crippen LogP contribution < -0.4 is 26.6 Å². The number of benzene rings is 3. The molecule has 5 amide bonds. The van der Waals surface area contributed by atoms with Crippen LogP contribution in [-0.2, 0) is 15.9 Å². The maximum absolute atomic E-state index is 13.2. The summed E-state index contributed by atoms with van der Waals surface area (Å²) < 4.78 is 10.6. The average Bonchev–Trinajstić information content (AvgIpc) is 2.98. The molecule has 252 valence electrons. The lowest BCUT2D eigenvalue weighted by molar-refractivity contribution is 0.0525. The summed E-state index contributed by atoms with van der Waals surface area (Å²) in [6.07, 6.45) is 0.653. The summed E-state index contributed by atoms with van der Waals surface area (Å²) in [5, 5.41) is 14.2. The minimum absolute atomic E-state index is 0.318. The van der Waals surface area contributed by atoms with E-state index in [1.165, 1.54) is 0 Å². The van der Waals surface area contributed by atoms with Crippen LogP contribution in [0, 0.1) is 0 Å². The number of urea groups is 1. The maximum Gasteiger partial charge on any atom is 0.412 e. The Morgan fingerprint density at radius 1 is 0.660 bits per heavy atom. The van der Waals surface area contributed by atoms with Crippen molar-refractivity contribution in [3.63, 3.8) is 0 Å². The Bertz CT molecular complexity index is 1480. The minimum atomic E-state index is -0.672. The largest absolute Gasteiger partial charge is 0.444 e. The van der Waals surface area contributed by atoms with Crippen LogP contribution in [0.25, 0.3) is 0 Å². The summed E-state index contributed by atoms with van der Waals surface area (Å²) in [5.74, 6) is -0.375. The first-order valence-electron chi connectivity index (χ1n) is 15.7. The smallest absolute Gasteiger partial charge is 0.412 e. The fourth-order valence-electron chi connectivity index (χ4n) is 4.48. The number of alkyl carbamates (subject to hydrolysis) is 1. The molecule has 0 bridgehead atoms. The van der Waals surface area contributed by atoms with Crippen molar-refractivity contribution in [2.75, 3.05) is 23.7 Å². The van der Waals surface area contributed by atoms with E-state index in [0.717, 1.165) is 11.1 Å². The molecule has 0 spiro atoms. The van der Waals surface area contributed by atoms with E-state index in [2.05, 4.69) is 26.6 Å². The van der Waals surface area contributed by atoms with Gasteiger partial charge in [-0.2, -0.15) is 0 Å². The van der Waals surface area contributed by atoms with Crippen molar-refractivity contribution >= 4 is 35.5 Å². The van der Waals surface area contributed by atoms with Crippen LogP contribution in [0.3, 0.4) is 0 Å². The Balaban J connectivity index is 1.65. The predicted octanol–water partition coefficient (Wildman–Crippen LogP) is 7.17. The quantitative estimate of drug-likeness (QED) is 0.132. The highest BCUT2D eigenvalue weighted by atomic mass is 16.6. The van der Waals surface area contributed by atoms with Gasteiger partial charge >= 0.3 is 18.2 Å². The fraction of sp³-hybridized carbons (Fsp3) is 0.389. The van der Waals surface area contributed by atoms with Crippen molar-refractivity contribution < 1.29 is 28.7 Å². The second kappa shape index (κ2) is 17.0. The minimum Gasteiger partial charge on any atom is -0.444 e. The lowest BCUT2D eigenvalue weighted by Gasteiger charge is -2.22. The molecule has 0 saturated heterocycles. The molecule has 3 rings (SSSR count).